The summed E-state index contributed by atoms with van der Waals surface area (Å²) in [6.07, 6.45) is 1.27. The smallest absolute Gasteiger partial charge is 0.211 e. The number of rotatable bonds is 4. The highest BCUT2D eigenvalue weighted by Gasteiger charge is 2.25. The van der Waals surface area contributed by atoms with Crippen molar-refractivity contribution in [3.8, 4) is 0 Å². The molecule has 1 aliphatic heterocycles. The van der Waals surface area contributed by atoms with Gasteiger partial charge in [-0.05, 0) is 14.0 Å². The van der Waals surface area contributed by atoms with Crippen molar-refractivity contribution in [3.05, 3.63) is 10.6 Å². The summed E-state index contributed by atoms with van der Waals surface area (Å²) in [5, 5.41) is 4.13. The summed E-state index contributed by atoms with van der Waals surface area (Å²) in [5.41, 5.74) is 1.06. The highest BCUT2D eigenvalue weighted by atomic mass is 32.2. The van der Waals surface area contributed by atoms with E-state index in [4.69, 9.17) is 0 Å². The third-order valence-electron chi connectivity index (χ3n) is 3.20. The fourth-order valence-corrected chi connectivity index (χ4v) is 4.03. The van der Waals surface area contributed by atoms with Crippen LogP contribution in [0.15, 0.2) is 0 Å². The van der Waals surface area contributed by atoms with E-state index in [-0.39, 0.29) is 0 Å². The number of aromatic nitrogens is 1. The second kappa shape index (κ2) is 5.74. The number of nitrogens with one attached hydrogen (secondary N) is 1. The van der Waals surface area contributed by atoms with E-state index in [1.807, 2.05) is 14.0 Å². The molecule has 0 aliphatic carbocycles. The maximum absolute atomic E-state index is 11.5. The average Bonchev–Trinajstić information content (AvgIpc) is 2.71. The molecule has 6 nitrogen and oxygen atoms in total. The molecule has 0 bridgehead atoms. The molecule has 2 heterocycles. The Morgan fingerprint density at radius 3 is 2.47 bits per heavy atom. The summed E-state index contributed by atoms with van der Waals surface area (Å²) in [5.74, 6) is 0. The van der Waals surface area contributed by atoms with Crippen molar-refractivity contribution < 1.29 is 8.42 Å². The normalized spacial score (nSPS) is 17.9. The number of hydrogen-bond donors (Lipinski definition) is 1. The molecule has 19 heavy (non-hydrogen) atoms. The van der Waals surface area contributed by atoms with Crippen LogP contribution in [0.2, 0.25) is 0 Å². The van der Waals surface area contributed by atoms with Crippen LogP contribution < -0.4 is 10.2 Å². The standard InChI is InChI=1S/C11H20N4O2S2/c1-9-10(8-12-2)18-11(13-9)14-4-6-15(7-5-14)19(3,16)17/h12H,4-8H2,1-3H3. The predicted octanol–water partition coefficient (Wildman–Crippen LogP) is 0.253. The van der Waals surface area contributed by atoms with E-state index < -0.39 is 10.0 Å². The molecule has 2 rings (SSSR count). The van der Waals surface area contributed by atoms with Crippen LogP contribution in [0.1, 0.15) is 10.6 Å². The maximum Gasteiger partial charge on any atom is 0.211 e. The second-order valence-electron chi connectivity index (χ2n) is 4.68. The molecule has 1 saturated heterocycles. The van der Waals surface area contributed by atoms with Crippen LogP contribution >= 0.6 is 11.3 Å². The van der Waals surface area contributed by atoms with Gasteiger partial charge in [-0.2, -0.15) is 4.31 Å². The van der Waals surface area contributed by atoms with E-state index in [2.05, 4.69) is 15.2 Å². The molecule has 1 N–H and O–H groups in total. The summed E-state index contributed by atoms with van der Waals surface area (Å²) in [6, 6.07) is 0. The molecule has 0 radical (unpaired) electrons. The Morgan fingerprint density at radius 2 is 1.95 bits per heavy atom. The van der Waals surface area contributed by atoms with E-state index in [0.29, 0.717) is 26.2 Å². The third kappa shape index (κ3) is 3.44. The molecule has 108 valence electrons. The zero-order valence-electron chi connectivity index (χ0n) is 11.5. The minimum atomic E-state index is -3.06. The summed E-state index contributed by atoms with van der Waals surface area (Å²) in [6.45, 7) is 5.34. The van der Waals surface area contributed by atoms with Crippen LogP contribution in [-0.4, -0.2) is 57.2 Å². The first kappa shape index (κ1) is 14.7. The molecule has 0 spiro atoms. The van der Waals surface area contributed by atoms with Gasteiger partial charge < -0.3 is 10.2 Å². The predicted molar refractivity (Wildman–Crippen MR) is 78.2 cm³/mol. The van der Waals surface area contributed by atoms with E-state index >= 15 is 0 Å². The van der Waals surface area contributed by atoms with Gasteiger partial charge in [-0.3, -0.25) is 0 Å². The minimum absolute atomic E-state index is 0.540. The van der Waals surface area contributed by atoms with Crippen LogP contribution in [0.3, 0.4) is 0 Å². The average molecular weight is 304 g/mol. The van der Waals surface area contributed by atoms with Gasteiger partial charge >= 0.3 is 0 Å². The lowest BCUT2D eigenvalue weighted by molar-refractivity contribution is 0.388. The first-order valence-corrected chi connectivity index (χ1v) is 8.89. The van der Waals surface area contributed by atoms with Crippen LogP contribution in [0.4, 0.5) is 5.13 Å². The van der Waals surface area contributed by atoms with Gasteiger partial charge in [0.2, 0.25) is 10.0 Å². The lowest BCUT2D eigenvalue weighted by Crippen LogP contribution is -2.48. The van der Waals surface area contributed by atoms with Crippen LogP contribution in [0.5, 0.6) is 0 Å². The van der Waals surface area contributed by atoms with E-state index in [1.165, 1.54) is 15.4 Å². The Hall–Kier alpha value is -0.700. The summed E-state index contributed by atoms with van der Waals surface area (Å²) in [4.78, 5) is 7.98. The zero-order chi connectivity index (χ0) is 14.0. The lowest BCUT2D eigenvalue weighted by Gasteiger charge is -2.32. The van der Waals surface area contributed by atoms with Gasteiger partial charge in [0, 0.05) is 37.6 Å². The minimum Gasteiger partial charge on any atom is -0.345 e. The van der Waals surface area contributed by atoms with Gasteiger partial charge in [0.15, 0.2) is 5.13 Å². The third-order valence-corrected chi connectivity index (χ3v) is 5.72. The van der Waals surface area contributed by atoms with Crippen LogP contribution in [-0.2, 0) is 16.6 Å². The number of anilines is 1. The van der Waals surface area contributed by atoms with Gasteiger partial charge in [0.1, 0.15) is 0 Å². The highest BCUT2D eigenvalue weighted by molar-refractivity contribution is 7.88. The van der Waals surface area contributed by atoms with Crippen molar-refractivity contribution in [1.82, 2.24) is 14.6 Å². The maximum atomic E-state index is 11.5. The monoisotopic (exact) mass is 304 g/mol. The van der Waals surface area contributed by atoms with Gasteiger partial charge in [-0.25, -0.2) is 13.4 Å². The van der Waals surface area contributed by atoms with Crippen molar-refractivity contribution in [3.63, 3.8) is 0 Å². The number of thiazole rings is 1. The second-order valence-corrected chi connectivity index (χ2v) is 7.73. The molecule has 8 heteroatoms. The highest BCUT2D eigenvalue weighted by Crippen LogP contribution is 2.27. The summed E-state index contributed by atoms with van der Waals surface area (Å²) < 4.78 is 24.4. The first-order chi connectivity index (χ1) is 8.91. The Balaban J connectivity index is 2.03. The number of aryl methyl sites for hydroxylation is 1. The van der Waals surface area contributed by atoms with Crippen molar-refractivity contribution in [2.24, 2.45) is 0 Å². The summed E-state index contributed by atoms with van der Waals surface area (Å²) >= 11 is 1.68. The molecule has 0 atom stereocenters. The molecule has 0 unspecified atom stereocenters. The Morgan fingerprint density at radius 1 is 1.32 bits per heavy atom. The molecule has 1 fully saturated rings. The van der Waals surface area contributed by atoms with Crippen LogP contribution in [0.25, 0.3) is 0 Å². The van der Waals surface area contributed by atoms with Crippen molar-refractivity contribution >= 4 is 26.5 Å². The molecule has 1 aromatic heterocycles. The van der Waals surface area contributed by atoms with Gasteiger partial charge in [0.25, 0.3) is 0 Å². The van der Waals surface area contributed by atoms with Crippen molar-refractivity contribution in [2.45, 2.75) is 13.5 Å². The molecule has 0 amide bonds. The quantitative estimate of drug-likeness (QED) is 0.864. The van der Waals surface area contributed by atoms with Gasteiger partial charge in [-0.15, -0.1) is 11.3 Å². The number of hydrogen-bond acceptors (Lipinski definition) is 6. The first-order valence-electron chi connectivity index (χ1n) is 6.23. The topological polar surface area (TPSA) is 65.5 Å². The largest absolute Gasteiger partial charge is 0.345 e. The number of piperazine rings is 1. The van der Waals surface area contributed by atoms with Crippen LogP contribution in [0, 0.1) is 6.92 Å². The van der Waals surface area contributed by atoms with Gasteiger partial charge in [-0.1, -0.05) is 0 Å². The number of sulfonamides is 1. The SMILES string of the molecule is CNCc1sc(N2CCN(S(C)(=O)=O)CC2)nc1C. The Kier molecular flexibility index (Phi) is 4.44. The lowest BCUT2D eigenvalue weighted by atomic mass is 10.4. The van der Waals surface area contributed by atoms with Crippen molar-refractivity contribution in [2.75, 3.05) is 44.4 Å². The van der Waals surface area contributed by atoms with E-state index in [1.54, 1.807) is 11.3 Å². The van der Waals surface area contributed by atoms with E-state index in [9.17, 15) is 8.42 Å². The van der Waals surface area contributed by atoms with Gasteiger partial charge in [0.05, 0.1) is 11.9 Å². The molecular formula is C11H20N4O2S2. The van der Waals surface area contributed by atoms with Crippen molar-refractivity contribution in [1.29, 1.82) is 0 Å². The molecule has 1 aromatic rings. The number of nitrogens with zero attached hydrogens (tertiary/aromatic N) is 3. The summed E-state index contributed by atoms with van der Waals surface area (Å²) in [7, 11) is -1.14. The van der Waals surface area contributed by atoms with E-state index in [0.717, 1.165) is 17.4 Å². The fourth-order valence-electron chi connectivity index (χ4n) is 2.08. The molecule has 1 aliphatic rings. The molecular weight excluding hydrogens is 284 g/mol. The Bertz CT molecular complexity index is 533. The molecule has 0 saturated carbocycles. The fraction of sp³-hybridized carbons (Fsp3) is 0.727. The molecule has 0 aromatic carbocycles. The Labute approximate surface area is 118 Å². The zero-order valence-corrected chi connectivity index (χ0v) is 13.1.